The Bertz CT molecular complexity index is 365. The van der Waals surface area contributed by atoms with Crippen LogP contribution in [0.1, 0.15) is 48.0 Å². The summed E-state index contributed by atoms with van der Waals surface area (Å²) in [6, 6.07) is 1.32. The van der Waals surface area contributed by atoms with Crippen molar-refractivity contribution < 1.29 is 9.59 Å². The molecule has 5 heteroatoms. The average molecular weight is 253 g/mol. The van der Waals surface area contributed by atoms with Gasteiger partial charge in [-0.15, -0.1) is 0 Å². The van der Waals surface area contributed by atoms with Crippen LogP contribution in [0.4, 0.5) is 0 Å². The zero-order valence-corrected chi connectivity index (χ0v) is 12.0. The molecule has 0 aromatic heterocycles. The summed E-state index contributed by atoms with van der Waals surface area (Å²) in [6.07, 6.45) is 0.406. The Morgan fingerprint density at radius 1 is 1.28 bits per heavy atom. The summed E-state index contributed by atoms with van der Waals surface area (Å²) >= 11 is 0. The van der Waals surface area contributed by atoms with Crippen LogP contribution in [0.5, 0.6) is 0 Å². The highest BCUT2D eigenvalue weighted by atomic mass is 16.2. The number of carbonyl (C=O) groups is 2. The van der Waals surface area contributed by atoms with E-state index in [9.17, 15) is 9.59 Å². The van der Waals surface area contributed by atoms with Crippen molar-refractivity contribution in [1.82, 2.24) is 10.6 Å². The van der Waals surface area contributed by atoms with Gasteiger partial charge in [0.25, 0.3) is 0 Å². The molecule has 2 amide bonds. The maximum absolute atomic E-state index is 11.9. The lowest BCUT2D eigenvalue weighted by Gasteiger charge is -2.26. The molecule has 0 aromatic rings. The average Bonchev–Trinajstić information content (AvgIpc) is 2.25. The predicted octanol–water partition coefficient (Wildman–Crippen LogP) is 1.35. The summed E-state index contributed by atoms with van der Waals surface area (Å²) in [6.45, 7) is 10.5. The fourth-order valence-electron chi connectivity index (χ4n) is 1.19. The highest BCUT2D eigenvalue weighted by molar-refractivity contribution is 5.91. The molecule has 0 rings (SSSR count). The van der Waals surface area contributed by atoms with Crippen molar-refractivity contribution in [1.29, 1.82) is 5.26 Å². The summed E-state index contributed by atoms with van der Waals surface area (Å²) in [5.74, 6) is -0.670. The molecule has 102 valence electrons. The topological polar surface area (TPSA) is 82.0 Å². The van der Waals surface area contributed by atoms with Crippen molar-refractivity contribution in [2.24, 2.45) is 5.41 Å². The SMILES string of the molecule is CCC(C)(C#N)C(=O)NC(C)C(=O)NC(C)(C)C. The second-order valence-corrected chi connectivity index (χ2v) is 5.73. The van der Waals surface area contributed by atoms with Crippen LogP contribution in [-0.4, -0.2) is 23.4 Å². The second kappa shape index (κ2) is 5.85. The van der Waals surface area contributed by atoms with Crippen LogP contribution in [0.25, 0.3) is 0 Å². The second-order valence-electron chi connectivity index (χ2n) is 5.73. The van der Waals surface area contributed by atoms with Crippen molar-refractivity contribution >= 4 is 11.8 Å². The fourth-order valence-corrected chi connectivity index (χ4v) is 1.19. The van der Waals surface area contributed by atoms with Gasteiger partial charge in [0.05, 0.1) is 6.07 Å². The lowest BCUT2D eigenvalue weighted by Crippen LogP contribution is -2.53. The third-order valence-corrected chi connectivity index (χ3v) is 2.69. The quantitative estimate of drug-likeness (QED) is 0.793. The van der Waals surface area contributed by atoms with E-state index >= 15 is 0 Å². The van der Waals surface area contributed by atoms with E-state index in [2.05, 4.69) is 10.6 Å². The van der Waals surface area contributed by atoms with Crippen LogP contribution in [-0.2, 0) is 9.59 Å². The first-order valence-corrected chi connectivity index (χ1v) is 6.10. The van der Waals surface area contributed by atoms with Gasteiger partial charge in [-0.2, -0.15) is 5.26 Å². The van der Waals surface area contributed by atoms with Gasteiger partial charge in [0.1, 0.15) is 11.5 Å². The Hall–Kier alpha value is -1.57. The molecule has 0 aliphatic carbocycles. The molecule has 2 atom stereocenters. The van der Waals surface area contributed by atoms with Gasteiger partial charge in [0, 0.05) is 5.54 Å². The smallest absolute Gasteiger partial charge is 0.242 e. The molecule has 0 spiro atoms. The Balaban J connectivity index is 4.59. The number of nitrogens with one attached hydrogen (secondary N) is 2. The maximum atomic E-state index is 11.9. The van der Waals surface area contributed by atoms with Crippen LogP contribution >= 0.6 is 0 Å². The van der Waals surface area contributed by atoms with E-state index < -0.39 is 17.4 Å². The standard InChI is InChI=1S/C13H23N3O2/c1-7-13(6,8-14)11(18)15-9(2)10(17)16-12(3,4)5/h9H,7H2,1-6H3,(H,15,18)(H,16,17). The minimum atomic E-state index is -1.09. The first kappa shape index (κ1) is 16.4. The molecule has 0 saturated carbocycles. The van der Waals surface area contributed by atoms with E-state index in [1.165, 1.54) is 0 Å². The zero-order valence-electron chi connectivity index (χ0n) is 12.0. The van der Waals surface area contributed by atoms with Crippen LogP contribution in [0.15, 0.2) is 0 Å². The van der Waals surface area contributed by atoms with E-state index in [1.54, 1.807) is 20.8 Å². The van der Waals surface area contributed by atoms with Crippen LogP contribution < -0.4 is 10.6 Å². The molecule has 0 saturated heterocycles. The molecule has 0 aliphatic heterocycles. The monoisotopic (exact) mass is 253 g/mol. The van der Waals surface area contributed by atoms with Gasteiger partial charge in [0.2, 0.25) is 11.8 Å². The Kier molecular flexibility index (Phi) is 5.34. The lowest BCUT2D eigenvalue weighted by atomic mass is 9.88. The summed E-state index contributed by atoms with van der Waals surface area (Å²) in [5.41, 5.74) is -1.43. The van der Waals surface area contributed by atoms with Crippen LogP contribution in [0.2, 0.25) is 0 Å². The van der Waals surface area contributed by atoms with Crippen molar-refractivity contribution in [2.75, 3.05) is 0 Å². The van der Waals surface area contributed by atoms with E-state index in [4.69, 9.17) is 5.26 Å². The molecule has 0 bridgehead atoms. The Morgan fingerprint density at radius 3 is 2.11 bits per heavy atom. The molecule has 2 N–H and O–H groups in total. The van der Waals surface area contributed by atoms with Gasteiger partial charge in [0.15, 0.2) is 0 Å². The molecular formula is C13H23N3O2. The van der Waals surface area contributed by atoms with E-state index in [-0.39, 0.29) is 11.4 Å². The highest BCUT2D eigenvalue weighted by Gasteiger charge is 2.33. The number of rotatable bonds is 4. The van der Waals surface area contributed by atoms with E-state index in [1.807, 2.05) is 26.8 Å². The maximum Gasteiger partial charge on any atom is 0.242 e. The summed E-state index contributed by atoms with van der Waals surface area (Å²) in [4.78, 5) is 23.7. The third-order valence-electron chi connectivity index (χ3n) is 2.69. The first-order chi connectivity index (χ1) is 8.05. The third kappa shape index (κ3) is 4.74. The van der Waals surface area contributed by atoms with Crippen LogP contribution in [0.3, 0.4) is 0 Å². The van der Waals surface area contributed by atoms with E-state index in [0.29, 0.717) is 6.42 Å². The number of nitrogens with zero attached hydrogens (tertiary/aromatic N) is 1. The van der Waals surface area contributed by atoms with Crippen molar-refractivity contribution in [3.63, 3.8) is 0 Å². The largest absolute Gasteiger partial charge is 0.350 e. The molecule has 2 unspecified atom stereocenters. The molecular weight excluding hydrogens is 230 g/mol. The van der Waals surface area contributed by atoms with Crippen molar-refractivity contribution in [3.8, 4) is 6.07 Å². The van der Waals surface area contributed by atoms with Gasteiger partial charge in [-0.25, -0.2) is 0 Å². The van der Waals surface area contributed by atoms with Gasteiger partial charge in [-0.05, 0) is 41.0 Å². The van der Waals surface area contributed by atoms with Gasteiger partial charge < -0.3 is 10.6 Å². The molecule has 0 radical (unpaired) electrons. The van der Waals surface area contributed by atoms with E-state index in [0.717, 1.165) is 0 Å². The highest BCUT2D eigenvalue weighted by Crippen LogP contribution is 2.19. The molecule has 5 nitrogen and oxygen atoms in total. The summed E-state index contributed by atoms with van der Waals surface area (Å²) in [5, 5.41) is 14.3. The minimum Gasteiger partial charge on any atom is -0.350 e. The van der Waals surface area contributed by atoms with Crippen molar-refractivity contribution in [2.45, 2.75) is 59.5 Å². The normalized spacial score (nSPS) is 16.1. The molecule has 0 aliphatic rings. The number of hydrogen-bond donors (Lipinski definition) is 2. The molecule has 0 aromatic carbocycles. The molecule has 0 heterocycles. The van der Waals surface area contributed by atoms with Crippen molar-refractivity contribution in [3.05, 3.63) is 0 Å². The molecule has 0 fully saturated rings. The predicted molar refractivity (Wildman–Crippen MR) is 69.5 cm³/mol. The zero-order chi connectivity index (χ0) is 14.6. The van der Waals surface area contributed by atoms with Gasteiger partial charge in [-0.3, -0.25) is 9.59 Å². The number of hydrogen-bond acceptors (Lipinski definition) is 3. The summed E-state index contributed by atoms with van der Waals surface area (Å²) in [7, 11) is 0. The van der Waals surface area contributed by atoms with Gasteiger partial charge in [-0.1, -0.05) is 6.92 Å². The van der Waals surface area contributed by atoms with Gasteiger partial charge >= 0.3 is 0 Å². The number of amides is 2. The Morgan fingerprint density at radius 2 is 1.78 bits per heavy atom. The Labute approximate surface area is 109 Å². The lowest BCUT2D eigenvalue weighted by molar-refractivity contribution is -0.133. The fraction of sp³-hybridized carbons (Fsp3) is 0.769. The number of nitriles is 1. The summed E-state index contributed by atoms with van der Waals surface area (Å²) < 4.78 is 0. The molecule has 18 heavy (non-hydrogen) atoms. The number of carbonyl (C=O) groups excluding carboxylic acids is 2. The first-order valence-electron chi connectivity index (χ1n) is 6.10. The minimum absolute atomic E-state index is 0.257. The van der Waals surface area contributed by atoms with Crippen LogP contribution in [0, 0.1) is 16.7 Å².